The second kappa shape index (κ2) is 5.57. The first-order valence-electron chi connectivity index (χ1n) is 4.39. The van der Waals surface area contributed by atoms with Crippen molar-refractivity contribution in [1.29, 1.82) is 0 Å². The fourth-order valence-corrected chi connectivity index (χ4v) is 1.61. The van der Waals surface area contributed by atoms with Crippen molar-refractivity contribution in [2.24, 2.45) is 0 Å². The number of rotatable bonds is 6. The number of aliphatic hydroxyl groups is 1. The molecule has 0 heterocycles. The van der Waals surface area contributed by atoms with Crippen molar-refractivity contribution in [3.05, 3.63) is 0 Å². The minimum atomic E-state index is -2.89. The average molecular weight is 209 g/mol. The topological polar surface area (TPSA) is 57.6 Å². The molecule has 0 aromatic carbocycles. The molecular formula is C8H19NO3S. The lowest BCUT2D eigenvalue weighted by molar-refractivity contribution is 0.173. The zero-order chi connectivity index (χ0) is 10.5. The van der Waals surface area contributed by atoms with E-state index in [9.17, 15) is 8.42 Å². The molecule has 0 spiro atoms. The van der Waals surface area contributed by atoms with Gasteiger partial charge in [0.05, 0.1) is 12.4 Å². The van der Waals surface area contributed by atoms with E-state index >= 15 is 0 Å². The number of nitrogens with zero attached hydrogens (tertiary/aromatic N) is 1. The maximum atomic E-state index is 10.9. The van der Waals surface area contributed by atoms with Gasteiger partial charge in [0.15, 0.2) is 0 Å². The molecule has 0 rings (SSSR count). The predicted octanol–water partition coefficient (Wildman–Crippen LogP) is -0.266. The Hall–Kier alpha value is -0.130. The lowest BCUT2D eigenvalue weighted by Gasteiger charge is -2.24. The lowest BCUT2D eigenvalue weighted by atomic mass is 10.3. The van der Waals surface area contributed by atoms with Gasteiger partial charge in [-0.1, -0.05) is 0 Å². The van der Waals surface area contributed by atoms with Crippen molar-refractivity contribution < 1.29 is 13.5 Å². The Morgan fingerprint density at radius 2 is 1.85 bits per heavy atom. The molecule has 0 amide bonds. The van der Waals surface area contributed by atoms with Crippen LogP contribution in [0, 0.1) is 0 Å². The summed E-state index contributed by atoms with van der Waals surface area (Å²) in [4.78, 5) is 1.95. The molecule has 0 aliphatic carbocycles. The van der Waals surface area contributed by atoms with Gasteiger partial charge in [0.25, 0.3) is 0 Å². The van der Waals surface area contributed by atoms with E-state index in [1.807, 2.05) is 18.7 Å². The highest BCUT2D eigenvalue weighted by molar-refractivity contribution is 7.90. The standard InChI is InChI=1S/C8H19NO3S/c1-8(2)9(4-6-10)5-7-13(3,11)12/h8,10H,4-7H2,1-3H3. The Bertz CT molecular complexity index is 224. The molecule has 0 aromatic heterocycles. The fourth-order valence-electron chi connectivity index (χ4n) is 1.04. The Labute approximate surface area is 80.5 Å². The average Bonchev–Trinajstić information content (AvgIpc) is 1.95. The molecule has 0 radical (unpaired) electrons. The minimum Gasteiger partial charge on any atom is -0.395 e. The summed E-state index contributed by atoms with van der Waals surface area (Å²) in [5, 5.41) is 8.72. The first-order chi connectivity index (χ1) is 5.87. The predicted molar refractivity (Wildman–Crippen MR) is 53.5 cm³/mol. The zero-order valence-corrected chi connectivity index (χ0v) is 9.34. The van der Waals surface area contributed by atoms with Gasteiger partial charge in [-0.3, -0.25) is 4.90 Å². The van der Waals surface area contributed by atoms with E-state index < -0.39 is 9.84 Å². The van der Waals surface area contributed by atoms with Crippen LogP contribution in [0.1, 0.15) is 13.8 Å². The summed E-state index contributed by atoms with van der Waals surface area (Å²) in [5.74, 6) is 0.158. The molecule has 5 heteroatoms. The van der Waals surface area contributed by atoms with Gasteiger partial charge in [-0.05, 0) is 13.8 Å². The van der Waals surface area contributed by atoms with Crippen LogP contribution in [0.2, 0.25) is 0 Å². The molecule has 0 aromatic rings. The van der Waals surface area contributed by atoms with E-state index in [-0.39, 0.29) is 18.4 Å². The van der Waals surface area contributed by atoms with Gasteiger partial charge >= 0.3 is 0 Å². The monoisotopic (exact) mass is 209 g/mol. The van der Waals surface area contributed by atoms with Crippen LogP contribution >= 0.6 is 0 Å². The van der Waals surface area contributed by atoms with Crippen LogP contribution in [0.15, 0.2) is 0 Å². The molecule has 0 bridgehead atoms. The van der Waals surface area contributed by atoms with E-state index in [0.717, 1.165) is 0 Å². The number of aliphatic hydroxyl groups excluding tert-OH is 1. The highest BCUT2D eigenvalue weighted by atomic mass is 32.2. The fraction of sp³-hybridized carbons (Fsp3) is 1.00. The van der Waals surface area contributed by atoms with Gasteiger partial charge in [0.1, 0.15) is 9.84 Å². The second-order valence-electron chi connectivity index (χ2n) is 3.48. The third kappa shape index (κ3) is 6.98. The van der Waals surface area contributed by atoms with Crippen molar-refractivity contribution >= 4 is 9.84 Å². The normalized spacial score (nSPS) is 12.8. The van der Waals surface area contributed by atoms with Crippen molar-refractivity contribution in [3.8, 4) is 0 Å². The summed E-state index contributed by atoms with van der Waals surface area (Å²) in [6, 6.07) is 0.272. The summed E-state index contributed by atoms with van der Waals surface area (Å²) < 4.78 is 21.7. The molecule has 0 aliphatic rings. The molecule has 0 saturated heterocycles. The van der Waals surface area contributed by atoms with Crippen molar-refractivity contribution in [1.82, 2.24) is 4.90 Å². The smallest absolute Gasteiger partial charge is 0.148 e. The van der Waals surface area contributed by atoms with E-state index in [0.29, 0.717) is 13.1 Å². The van der Waals surface area contributed by atoms with Crippen LogP contribution in [-0.4, -0.2) is 56.2 Å². The van der Waals surface area contributed by atoms with Crippen LogP contribution in [0.3, 0.4) is 0 Å². The van der Waals surface area contributed by atoms with Gasteiger partial charge in [0.2, 0.25) is 0 Å². The molecule has 0 aliphatic heterocycles. The SMILES string of the molecule is CC(C)N(CCO)CCS(C)(=O)=O. The van der Waals surface area contributed by atoms with Gasteiger partial charge in [-0.2, -0.15) is 0 Å². The van der Waals surface area contributed by atoms with E-state index in [4.69, 9.17) is 5.11 Å². The highest BCUT2D eigenvalue weighted by Gasteiger charge is 2.11. The number of hydrogen-bond acceptors (Lipinski definition) is 4. The summed E-state index contributed by atoms with van der Waals surface area (Å²) in [5.41, 5.74) is 0. The third-order valence-electron chi connectivity index (χ3n) is 1.87. The van der Waals surface area contributed by atoms with Crippen LogP contribution in [0.25, 0.3) is 0 Å². The van der Waals surface area contributed by atoms with E-state index in [2.05, 4.69) is 0 Å². The molecule has 0 atom stereocenters. The maximum absolute atomic E-state index is 10.9. The van der Waals surface area contributed by atoms with Gasteiger partial charge in [0, 0.05) is 25.4 Å². The first kappa shape index (κ1) is 12.9. The zero-order valence-electron chi connectivity index (χ0n) is 8.52. The largest absolute Gasteiger partial charge is 0.395 e. The van der Waals surface area contributed by atoms with Crippen molar-refractivity contribution in [3.63, 3.8) is 0 Å². The minimum absolute atomic E-state index is 0.0714. The number of hydrogen-bond donors (Lipinski definition) is 1. The van der Waals surface area contributed by atoms with Crippen molar-refractivity contribution in [2.45, 2.75) is 19.9 Å². The Kier molecular flexibility index (Phi) is 5.51. The molecule has 4 nitrogen and oxygen atoms in total. The van der Waals surface area contributed by atoms with Gasteiger partial charge in [-0.15, -0.1) is 0 Å². The van der Waals surface area contributed by atoms with Crippen LogP contribution in [-0.2, 0) is 9.84 Å². The summed E-state index contributed by atoms with van der Waals surface area (Å²) in [6.07, 6.45) is 1.23. The molecular weight excluding hydrogens is 190 g/mol. The number of sulfone groups is 1. The highest BCUT2D eigenvalue weighted by Crippen LogP contribution is 1.98. The van der Waals surface area contributed by atoms with Gasteiger partial charge in [-0.25, -0.2) is 8.42 Å². The second-order valence-corrected chi connectivity index (χ2v) is 5.74. The van der Waals surface area contributed by atoms with Crippen LogP contribution in [0.4, 0.5) is 0 Å². The summed E-state index contributed by atoms with van der Waals surface area (Å²) in [7, 11) is -2.89. The maximum Gasteiger partial charge on any atom is 0.148 e. The Morgan fingerprint density at radius 3 is 2.15 bits per heavy atom. The summed E-state index contributed by atoms with van der Waals surface area (Å²) in [6.45, 7) is 5.07. The molecule has 13 heavy (non-hydrogen) atoms. The van der Waals surface area contributed by atoms with E-state index in [1.54, 1.807) is 0 Å². The third-order valence-corrected chi connectivity index (χ3v) is 2.79. The van der Waals surface area contributed by atoms with E-state index in [1.165, 1.54) is 6.26 Å². The lowest BCUT2D eigenvalue weighted by Crippen LogP contribution is -2.37. The van der Waals surface area contributed by atoms with Crippen molar-refractivity contribution in [2.75, 3.05) is 31.7 Å². The quantitative estimate of drug-likeness (QED) is 0.654. The molecule has 0 unspecified atom stereocenters. The molecule has 80 valence electrons. The molecule has 1 N–H and O–H groups in total. The first-order valence-corrected chi connectivity index (χ1v) is 6.45. The molecule has 0 saturated carbocycles. The Morgan fingerprint density at radius 1 is 1.31 bits per heavy atom. The molecule has 0 fully saturated rings. The van der Waals surface area contributed by atoms with Crippen LogP contribution in [0.5, 0.6) is 0 Å². The van der Waals surface area contributed by atoms with Crippen LogP contribution < -0.4 is 0 Å². The summed E-state index contributed by atoms with van der Waals surface area (Å²) >= 11 is 0. The van der Waals surface area contributed by atoms with Gasteiger partial charge < -0.3 is 5.11 Å². The Balaban J connectivity index is 3.97.